The van der Waals surface area contributed by atoms with Gasteiger partial charge in [-0.25, -0.2) is 14.6 Å². The van der Waals surface area contributed by atoms with Crippen LogP contribution in [0, 0.1) is 0 Å². The van der Waals surface area contributed by atoms with Crippen LogP contribution in [0.2, 0.25) is 5.15 Å². The van der Waals surface area contributed by atoms with Crippen molar-refractivity contribution in [3.63, 3.8) is 0 Å². The smallest absolute Gasteiger partial charge is 0.478 e. The number of hydrogen-bond donors (Lipinski definition) is 2. The molecule has 9 heteroatoms. The molecule has 0 aliphatic heterocycles. The largest absolute Gasteiger partial charge is 0.490 e. The van der Waals surface area contributed by atoms with E-state index >= 15 is 0 Å². The molecule has 5 nitrogen and oxygen atoms in total. The third-order valence-corrected chi connectivity index (χ3v) is 1.44. The van der Waals surface area contributed by atoms with E-state index in [1.807, 2.05) is 0 Å². The average Bonchev–Trinajstić information content (AvgIpc) is 2.17. The van der Waals surface area contributed by atoms with Crippen LogP contribution in [0.3, 0.4) is 0 Å². The lowest BCUT2D eigenvalue weighted by molar-refractivity contribution is -0.192. The summed E-state index contributed by atoms with van der Waals surface area (Å²) in [7, 11) is 0. The molecule has 0 fully saturated rings. The van der Waals surface area contributed by atoms with E-state index in [1.165, 1.54) is 18.3 Å². The first-order chi connectivity index (χ1) is 7.64. The highest BCUT2D eigenvalue weighted by atomic mass is 35.5. The SMILES string of the molecule is O=C(O)C(F)(F)F.O=C(O)c1ccc(Cl)nc1. The van der Waals surface area contributed by atoms with Gasteiger partial charge in [-0.2, -0.15) is 13.2 Å². The van der Waals surface area contributed by atoms with Crippen molar-refractivity contribution in [2.45, 2.75) is 6.18 Å². The minimum absolute atomic E-state index is 0.143. The van der Waals surface area contributed by atoms with Crippen molar-refractivity contribution in [2.75, 3.05) is 0 Å². The molecule has 0 saturated carbocycles. The average molecular weight is 272 g/mol. The van der Waals surface area contributed by atoms with Crippen molar-refractivity contribution in [3.8, 4) is 0 Å². The predicted octanol–water partition coefficient (Wildman–Crippen LogP) is 2.07. The van der Waals surface area contributed by atoms with Gasteiger partial charge in [0.2, 0.25) is 0 Å². The molecular weight excluding hydrogens is 267 g/mol. The number of aromatic carboxylic acids is 1. The fourth-order valence-corrected chi connectivity index (χ4v) is 0.614. The summed E-state index contributed by atoms with van der Waals surface area (Å²) < 4.78 is 31.7. The Morgan fingerprint density at radius 3 is 1.94 bits per heavy atom. The lowest BCUT2D eigenvalue weighted by atomic mass is 10.3. The van der Waals surface area contributed by atoms with Crippen molar-refractivity contribution < 1.29 is 33.0 Å². The van der Waals surface area contributed by atoms with E-state index in [0.717, 1.165) is 0 Å². The van der Waals surface area contributed by atoms with Gasteiger partial charge in [0.25, 0.3) is 0 Å². The Labute approximate surface area is 97.5 Å². The summed E-state index contributed by atoms with van der Waals surface area (Å²) in [6.07, 6.45) is -3.87. The maximum Gasteiger partial charge on any atom is 0.490 e. The first-order valence-corrected chi connectivity index (χ1v) is 4.17. The summed E-state index contributed by atoms with van der Waals surface area (Å²) in [6, 6.07) is 2.84. The van der Waals surface area contributed by atoms with Crippen LogP contribution in [-0.2, 0) is 4.79 Å². The summed E-state index contributed by atoms with van der Waals surface area (Å²) >= 11 is 5.41. The molecule has 0 aromatic carbocycles. The number of rotatable bonds is 1. The Balaban J connectivity index is 0.000000325. The Hall–Kier alpha value is -1.83. The van der Waals surface area contributed by atoms with Crippen molar-refractivity contribution in [1.82, 2.24) is 4.98 Å². The number of aromatic nitrogens is 1. The second-order valence-corrected chi connectivity index (χ2v) is 2.86. The number of nitrogens with zero attached hydrogens (tertiary/aromatic N) is 1. The maximum absolute atomic E-state index is 10.6. The number of alkyl halides is 3. The van der Waals surface area contributed by atoms with Crippen molar-refractivity contribution in [1.29, 1.82) is 0 Å². The van der Waals surface area contributed by atoms with Crippen LogP contribution in [0.1, 0.15) is 10.4 Å². The minimum atomic E-state index is -5.08. The van der Waals surface area contributed by atoms with Crippen LogP contribution in [-0.4, -0.2) is 33.3 Å². The van der Waals surface area contributed by atoms with Crippen LogP contribution in [0.4, 0.5) is 13.2 Å². The molecule has 0 aliphatic rings. The number of pyridine rings is 1. The molecule has 1 heterocycles. The van der Waals surface area contributed by atoms with Gasteiger partial charge in [0, 0.05) is 6.20 Å². The van der Waals surface area contributed by atoms with E-state index < -0.39 is 18.1 Å². The Bertz CT molecular complexity index is 404. The van der Waals surface area contributed by atoms with Crippen LogP contribution >= 0.6 is 11.6 Å². The summed E-state index contributed by atoms with van der Waals surface area (Å²) in [4.78, 5) is 22.7. The van der Waals surface area contributed by atoms with E-state index in [9.17, 15) is 18.0 Å². The van der Waals surface area contributed by atoms with Gasteiger partial charge in [0.05, 0.1) is 5.56 Å². The Morgan fingerprint density at radius 2 is 1.71 bits per heavy atom. The Kier molecular flexibility index (Phi) is 5.39. The zero-order chi connectivity index (χ0) is 13.6. The van der Waals surface area contributed by atoms with Crippen LogP contribution < -0.4 is 0 Å². The lowest BCUT2D eigenvalue weighted by Gasteiger charge is -1.93. The van der Waals surface area contributed by atoms with E-state index in [-0.39, 0.29) is 5.56 Å². The number of halogens is 4. The molecular formula is C8H5ClF3NO4. The molecule has 17 heavy (non-hydrogen) atoms. The number of hydrogen-bond acceptors (Lipinski definition) is 3. The van der Waals surface area contributed by atoms with E-state index in [4.69, 9.17) is 26.6 Å². The minimum Gasteiger partial charge on any atom is -0.478 e. The third kappa shape index (κ3) is 6.36. The van der Waals surface area contributed by atoms with Crippen molar-refractivity contribution >= 4 is 23.5 Å². The fraction of sp³-hybridized carbons (Fsp3) is 0.125. The second-order valence-electron chi connectivity index (χ2n) is 2.48. The molecule has 1 rings (SSSR count). The van der Waals surface area contributed by atoms with Gasteiger partial charge in [-0.05, 0) is 12.1 Å². The molecule has 0 saturated heterocycles. The molecule has 94 valence electrons. The maximum atomic E-state index is 10.6. The van der Waals surface area contributed by atoms with Gasteiger partial charge in [-0.3, -0.25) is 0 Å². The molecule has 1 aromatic rings. The molecule has 0 aliphatic carbocycles. The highest BCUT2D eigenvalue weighted by Crippen LogP contribution is 2.13. The lowest BCUT2D eigenvalue weighted by Crippen LogP contribution is -2.21. The zero-order valence-corrected chi connectivity index (χ0v) is 8.66. The van der Waals surface area contributed by atoms with Crippen LogP contribution in [0.15, 0.2) is 18.3 Å². The number of carboxylic acids is 2. The van der Waals surface area contributed by atoms with Crippen molar-refractivity contribution in [2.24, 2.45) is 0 Å². The summed E-state index contributed by atoms with van der Waals surface area (Å²) in [6.45, 7) is 0. The van der Waals surface area contributed by atoms with E-state index in [2.05, 4.69) is 4.98 Å². The number of aliphatic carboxylic acids is 1. The molecule has 0 unspecified atom stereocenters. The van der Waals surface area contributed by atoms with Gasteiger partial charge in [0.1, 0.15) is 5.15 Å². The molecule has 2 N–H and O–H groups in total. The van der Waals surface area contributed by atoms with Gasteiger partial charge in [-0.15, -0.1) is 0 Å². The number of carboxylic acid groups (broad SMARTS) is 2. The van der Waals surface area contributed by atoms with Gasteiger partial charge in [-0.1, -0.05) is 11.6 Å². The standard InChI is InChI=1S/C6H4ClNO2.C2HF3O2/c7-5-2-1-4(3-8-5)6(9)10;3-2(4,5)1(6)7/h1-3H,(H,9,10);(H,6,7). The van der Waals surface area contributed by atoms with Crippen LogP contribution in [0.5, 0.6) is 0 Å². The molecule has 1 aromatic heterocycles. The molecule has 0 amide bonds. The summed E-state index contributed by atoms with van der Waals surface area (Å²) in [5.41, 5.74) is 0.143. The normalized spacial score (nSPS) is 10.1. The van der Waals surface area contributed by atoms with E-state index in [1.54, 1.807) is 0 Å². The first kappa shape index (κ1) is 15.2. The summed E-state index contributed by atoms with van der Waals surface area (Å²) in [5, 5.41) is 15.8. The molecule has 0 spiro atoms. The molecule has 0 radical (unpaired) electrons. The molecule has 0 bridgehead atoms. The quantitative estimate of drug-likeness (QED) is 0.764. The number of carbonyl (C=O) groups is 2. The van der Waals surface area contributed by atoms with Gasteiger partial charge < -0.3 is 10.2 Å². The van der Waals surface area contributed by atoms with Crippen LogP contribution in [0.25, 0.3) is 0 Å². The first-order valence-electron chi connectivity index (χ1n) is 3.79. The highest BCUT2D eigenvalue weighted by molar-refractivity contribution is 6.29. The fourth-order valence-electron chi connectivity index (χ4n) is 0.502. The zero-order valence-electron chi connectivity index (χ0n) is 7.90. The Morgan fingerprint density at radius 1 is 1.24 bits per heavy atom. The predicted molar refractivity (Wildman–Crippen MR) is 49.9 cm³/mol. The third-order valence-electron chi connectivity index (χ3n) is 1.22. The van der Waals surface area contributed by atoms with Crippen molar-refractivity contribution in [3.05, 3.63) is 29.0 Å². The van der Waals surface area contributed by atoms with Gasteiger partial charge >= 0.3 is 18.1 Å². The van der Waals surface area contributed by atoms with Gasteiger partial charge in [0.15, 0.2) is 0 Å². The second kappa shape index (κ2) is 6.04. The van der Waals surface area contributed by atoms with E-state index in [0.29, 0.717) is 5.15 Å². The monoisotopic (exact) mass is 271 g/mol. The highest BCUT2D eigenvalue weighted by Gasteiger charge is 2.38. The summed E-state index contributed by atoms with van der Waals surface area (Å²) in [5.74, 6) is -3.75. The topological polar surface area (TPSA) is 87.5 Å². The molecule has 0 atom stereocenters.